The fourth-order valence-electron chi connectivity index (χ4n) is 2.04. The minimum atomic E-state index is -0.715. The van der Waals surface area contributed by atoms with E-state index in [4.69, 9.17) is 14.2 Å². The van der Waals surface area contributed by atoms with Crippen molar-refractivity contribution < 1.29 is 19.3 Å². The van der Waals surface area contributed by atoms with Gasteiger partial charge in [0.15, 0.2) is 11.5 Å². The van der Waals surface area contributed by atoms with Gasteiger partial charge in [0.1, 0.15) is 6.10 Å². The zero-order valence-corrected chi connectivity index (χ0v) is 13.1. The van der Waals surface area contributed by atoms with E-state index in [0.717, 1.165) is 5.56 Å². The van der Waals surface area contributed by atoms with Gasteiger partial charge in [0.25, 0.3) is 0 Å². The molecule has 0 radical (unpaired) electrons. The van der Waals surface area contributed by atoms with E-state index < -0.39 is 11.7 Å². The van der Waals surface area contributed by atoms with Gasteiger partial charge in [-0.1, -0.05) is 13.0 Å². The molecule has 0 saturated heterocycles. The van der Waals surface area contributed by atoms with Crippen molar-refractivity contribution in [3.63, 3.8) is 0 Å². The van der Waals surface area contributed by atoms with E-state index >= 15 is 0 Å². The second kappa shape index (κ2) is 7.50. The van der Waals surface area contributed by atoms with Crippen LogP contribution in [-0.2, 0) is 4.74 Å². The number of methoxy groups -OCH3 is 1. The molecule has 0 aliphatic rings. The van der Waals surface area contributed by atoms with Crippen LogP contribution in [0.5, 0.6) is 11.5 Å². The van der Waals surface area contributed by atoms with Crippen LogP contribution in [0.3, 0.4) is 0 Å². The summed E-state index contributed by atoms with van der Waals surface area (Å²) in [5, 5.41) is 10.5. The highest BCUT2D eigenvalue weighted by Gasteiger charge is 2.32. The third kappa shape index (κ3) is 3.64. The van der Waals surface area contributed by atoms with Crippen molar-refractivity contribution >= 4 is 0 Å². The molecule has 2 atom stereocenters. The van der Waals surface area contributed by atoms with Gasteiger partial charge in [-0.15, -0.1) is 0 Å². The van der Waals surface area contributed by atoms with Gasteiger partial charge >= 0.3 is 0 Å². The third-order valence-electron chi connectivity index (χ3n) is 3.63. The lowest BCUT2D eigenvalue weighted by molar-refractivity contribution is -0.0944. The third-order valence-corrected chi connectivity index (χ3v) is 3.63. The minimum absolute atomic E-state index is 0.551. The highest BCUT2D eigenvalue weighted by Crippen LogP contribution is 2.36. The largest absolute Gasteiger partial charge is 0.490 e. The molecule has 0 bridgehead atoms. The van der Waals surface area contributed by atoms with Crippen molar-refractivity contribution in [2.45, 2.75) is 45.8 Å². The maximum Gasteiger partial charge on any atom is 0.161 e. The van der Waals surface area contributed by atoms with Gasteiger partial charge in [-0.25, -0.2) is 0 Å². The Labute approximate surface area is 121 Å². The maximum atomic E-state index is 10.5. The fraction of sp³-hybridized carbons (Fsp3) is 0.625. The zero-order chi connectivity index (χ0) is 15.2. The number of hydrogen-bond donors (Lipinski definition) is 1. The molecule has 20 heavy (non-hydrogen) atoms. The van der Waals surface area contributed by atoms with Crippen LogP contribution in [0.25, 0.3) is 0 Å². The van der Waals surface area contributed by atoms with Gasteiger partial charge in [-0.3, -0.25) is 0 Å². The van der Waals surface area contributed by atoms with E-state index in [1.807, 2.05) is 45.9 Å². The SMILES string of the molecule is CCOc1ccc(C(O)C(C)(CC)OC)cc1OCC. The van der Waals surface area contributed by atoms with Crippen LogP contribution in [0.4, 0.5) is 0 Å². The first-order chi connectivity index (χ1) is 9.52. The molecule has 0 aliphatic heterocycles. The first kappa shape index (κ1) is 16.8. The molecule has 1 rings (SSSR count). The molecule has 1 aromatic carbocycles. The van der Waals surface area contributed by atoms with Crippen molar-refractivity contribution in [1.29, 1.82) is 0 Å². The molecule has 0 heterocycles. The summed E-state index contributed by atoms with van der Waals surface area (Å²) in [5.74, 6) is 1.35. The molecule has 0 amide bonds. The smallest absolute Gasteiger partial charge is 0.161 e. The molecule has 1 N–H and O–H groups in total. The van der Waals surface area contributed by atoms with Crippen LogP contribution in [0, 0.1) is 0 Å². The summed E-state index contributed by atoms with van der Waals surface area (Å²) in [5.41, 5.74) is 0.152. The van der Waals surface area contributed by atoms with Crippen molar-refractivity contribution in [3.05, 3.63) is 23.8 Å². The van der Waals surface area contributed by atoms with Crippen molar-refractivity contribution in [2.75, 3.05) is 20.3 Å². The Bertz CT molecular complexity index is 413. The number of rotatable bonds is 8. The summed E-state index contributed by atoms with van der Waals surface area (Å²) in [6.45, 7) is 8.86. The van der Waals surface area contributed by atoms with Crippen LogP contribution in [0.2, 0.25) is 0 Å². The van der Waals surface area contributed by atoms with Gasteiger partial charge in [0, 0.05) is 7.11 Å². The lowest BCUT2D eigenvalue weighted by Crippen LogP contribution is -2.34. The van der Waals surface area contributed by atoms with E-state index in [0.29, 0.717) is 31.1 Å². The maximum absolute atomic E-state index is 10.5. The summed E-state index contributed by atoms with van der Waals surface area (Å²) in [6, 6.07) is 5.51. The molecular formula is C16H26O4. The van der Waals surface area contributed by atoms with Gasteiger partial charge in [-0.05, 0) is 44.9 Å². The molecule has 0 saturated carbocycles. The Hall–Kier alpha value is -1.26. The van der Waals surface area contributed by atoms with E-state index in [1.165, 1.54) is 0 Å². The Morgan fingerprint density at radius 1 is 1.10 bits per heavy atom. The summed E-state index contributed by atoms with van der Waals surface area (Å²) < 4.78 is 16.6. The topological polar surface area (TPSA) is 47.9 Å². The van der Waals surface area contributed by atoms with Crippen LogP contribution in [-0.4, -0.2) is 31.0 Å². The highest BCUT2D eigenvalue weighted by atomic mass is 16.5. The van der Waals surface area contributed by atoms with E-state index in [2.05, 4.69) is 0 Å². The molecule has 2 unspecified atom stereocenters. The van der Waals surface area contributed by atoms with Crippen LogP contribution in [0.15, 0.2) is 18.2 Å². The number of ether oxygens (including phenoxy) is 3. The van der Waals surface area contributed by atoms with E-state index in [9.17, 15) is 5.11 Å². The standard InChI is InChI=1S/C16H26O4/c1-6-16(4,18-5)15(17)12-9-10-13(19-7-2)14(11-12)20-8-3/h9-11,15,17H,6-8H2,1-5H3. The summed E-state index contributed by atoms with van der Waals surface area (Å²) in [4.78, 5) is 0. The molecule has 4 nitrogen and oxygen atoms in total. The average Bonchev–Trinajstić information content (AvgIpc) is 2.48. The van der Waals surface area contributed by atoms with Crippen LogP contribution < -0.4 is 9.47 Å². The average molecular weight is 282 g/mol. The monoisotopic (exact) mass is 282 g/mol. The minimum Gasteiger partial charge on any atom is -0.490 e. The molecule has 4 heteroatoms. The first-order valence-corrected chi connectivity index (χ1v) is 7.15. The van der Waals surface area contributed by atoms with Crippen molar-refractivity contribution in [3.8, 4) is 11.5 Å². The fourth-order valence-corrected chi connectivity index (χ4v) is 2.04. The normalized spacial score (nSPS) is 15.5. The quantitative estimate of drug-likeness (QED) is 0.794. The van der Waals surface area contributed by atoms with Gasteiger partial charge in [0.05, 0.1) is 18.8 Å². The number of aliphatic hydroxyl groups is 1. The van der Waals surface area contributed by atoms with Gasteiger partial charge < -0.3 is 19.3 Å². The molecule has 0 aliphatic carbocycles. The number of benzene rings is 1. The summed E-state index contributed by atoms with van der Waals surface area (Å²) in [6.07, 6.45) is -0.00522. The molecule has 0 aromatic heterocycles. The van der Waals surface area contributed by atoms with Crippen LogP contribution in [0.1, 0.15) is 45.8 Å². The zero-order valence-electron chi connectivity index (χ0n) is 13.1. The van der Waals surface area contributed by atoms with Crippen molar-refractivity contribution in [2.24, 2.45) is 0 Å². The predicted molar refractivity (Wildman–Crippen MR) is 79.4 cm³/mol. The van der Waals surface area contributed by atoms with Gasteiger partial charge in [-0.2, -0.15) is 0 Å². The predicted octanol–water partition coefficient (Wildman–Crippen LogP) is 3.33. The Morgan fingerprint density at radius 3 is 2.20 bits per heavy atom. The highest BCUT2D eigenvalue weighted by molar-refractivity contribution is 5.44. The first-order valence-electron chi connectivity index (χ1n) is 7.15. The second-order valence-electron chi connectivity index (χ2n) is 4.85. The summed E-state index contributed by atoms with van der Waals surface area (Å²) in [7, 11) is 1.62. The van der Waals surface area contributed by atoms with Crippen LogP contribution >= 0.6 is 0 Å². The molecular weight excluding hydrogens is 256 g/mol. The van der Waals surface area contributed by atoms with Crippen molar-refractivity contribution in [1.82, 2.24) is 0 Å². The molecule has 0 spiro atoms. The summed E-state index contributed by atoms with van der Waals surface area (Å²) >= 11 is 0. The number of aliphatic hydroxyl groups excluding tert-OH is 1. The Kier molecular flexibility index (Phi) is 6.30. The van der Waals surface area contributed by atoms with E-state index in [1.54, 1.807) is 7.11 Å². The number of hydrogen-bond acceptors (Lipinski definition) is 4. The Balaban J connectivity index is 3.10. The lowest BCUT2D eigenvalue weighted by atomic mass is 9.90. The van der Waals surface area contributed by atoms with E-state index in [-0.39, 0.29) is 0 Å². The second-order valence-corrected chi connectivity index (χ2v) is 4.85. The molecule has 0 fully saturated rings. The Morgan fingerprint density at radius 2 is 1.70 bits per heavy atom. The molecule has 1 aromatic rings. The molecule has 114 valence electrons. The van der Waals surface area contributed by atoms with Gasteiger partial charge in [0.2, 0.25) is 0 Å². The lowest BCUT2D eigenvalue weighted by Gasteiger charge is -2.32.